The second-order valence-corrected chi connectivity index (χ2v) is 8.76. The number of piperazine rings is 1. The van der Waals surface area contributed by atoms with E-state index in [0.29, 0.717) is 24.5 Å². The maximum atomic E-state index is 11.4. The van der Waals surface area contributed by atoms with Gasteiger partial charge in [-0.1, -0.05) is 12.1 Å². The largest absolute Gasteiger partial charge is 0.478 e. The predicted octanol–water partition coefficient (Wildman–Crippen LogP) is 3.94. The summed E-state index contributed by atoms with van der Waals surface area (Å²) in [5.41, 5.74) is 5.28. The lowest BCUT2D eigenvalue weighted by molar-refractivity contribution is 0.0696. The Kier molecular flexibility index (Phi) is 7.27. The van der Waals surface area contributed by atoms with E-state index in [1.54, 1.807) is 18.3 Å². The van der Waals surface area contributed by atoms with E-state index in [0.717, 1.165) is 54.4 Å². The molecule has 0 saturated carbocycles. The molecule has 34 heavy (non-hydrogen) atoms. The predicted molar refractivity (Wildman–Crippen MR) is 137 cm³/mol. The molecule has 0 amide bonds. The molecule has 0 bridgehead atoms. The van der Waals surface area contributed by atoms with Gasteiger partial charge in [-0.2, -0.15) is 4.98 Å². The average Bonchev–Trinajstić information content (AvgIpc) is 2.83. The van der Waals surface area contributed by atoms with Crippen LogP contribution in [0, 0.1) is 13.8 Å². The van der Waals surface area contributed by atoms with E-state index in [4.69, 9.17) is 0 Å². The first-order valence-electron chi connectivity index (χ1n) is 11.6. The third kappa shape index (κ3) is 5.63. The molecule has 0 aliphatic carbocycles. The number of carboxylic acids is 1. The Morgan fingerprint density at radius 2 is 1.79 bits per heavy atom. The van der Waals surface area contributed by atoms with E-state index >= 15 is 0 Å². The van der Waals surface area contributed by atoms with Crippen LogP contribution < -0.4 is 15.5 Å². The highest BCUT2D eigenvalue weighted by atomic mass is 16.4. The Hall–Kier alpha value is -3.65. The third-order valence-electron chi connectivity index (χ3n) is 6.33. The van der Waals surface area contributed by atoms with Crippen molar-refractivity contribution in [1.82, 2.24) is 14.9 Å². The van der Waals surface area contributed by atoms with E-state index in [9.17, 15) is 9.90 Å². The van der Waals surface area contributed by atoms with Crippen LogP contribution in [0.25, 0.3) is 0 Å². The molecule has 3 aromatic rings. The molecule has 1 saturated heterocycles. The van der Waals surface area contributed by atoms with Gasteiger partial charge < -0.3 is 25.5 Å². The van der Waals surface area contributed by atoms with Gasteiger partial charge in [0, 0.05) is 55.9 Å². The molecule has 8 nitrogen and oxygen atoms in total. The summed E-state index contributed by atoms with van der Waals surface area (Å²) in [5, 5.41) is 16.0. The minimum Gasteiger partial charge on any atom is -0.478 e. The number of aromatic nitrogens is 2. The van der Waals surface area contributed by atoms with Crippen LogP contribution in [0.4, 0.5) is 23.1 Å². The number of nitrogens with one attached hydrogen (secondary N) is 2. The number of hydrogen-bond donors (Lipinski definition) is 3. The lowest BCUT2D eigenvalue weighted by atomic mass is 10.00. The van der Waals surface area contributed by atoms with E-state index in [2.05, 4.69) is 61.7 Å². The second-order valence-electron chi connectivity index (χ2n) is 8.76. The number of carboxylic acid groups (broad SMARTS) is 1. The SMILES string of the molecule is Cc1cnc(Nc2ccc(N3CCN(C)CC3)cc2)nc1NCCc1cccc(C(=O)O)c1C. The van der Waals surface area contributed by atoms with Gasteiger partial charge in [0.2, 0.25) is 5.95 Å². The van der Waals surface area contributed by atoms with Crippen molar-refractivity contribution >= 4 is 29.1 Å². The molecular formula is C26H32N6O2. The molecular weight excluding hydrogens is 428 g/mol. The van der Waals surface area contributed by atoms with Crippen molar-refractivity contribution in [3.63, 3.8) is 0 Å². The molecule has 2 aromatic carbocycles. The molecule has 0 atom stereocenters. The Morgan fingerprint density at radius 3 is 2.50 bits per heavy atom. The van der Waals surface area contributed by atoms with Gasteiger partial charge in [0.1, 0.15) is 5.82 Å². The van der Waals surface area contributed by atoms with Gasteiger partial charge in [0.05, 0.1) is 5.56 Å². The quantitative estimate of drug-likeness (QED) is 0.465. The third-order valence-corrected chi connectivity index (χ3v) is 6.33. The first-order valence-corrected chi connectivity index (χ1v) is 11.6. The van der Waals surface area contributed by atoms with Crippen molar-refractivity contribution in [2.45, 2.75) is 20.3 Å². The molecule has 1 aliphatic rings. The van der Waals surface area contributed by atoms with Gasteiger partial charge in [-0.3, -0.25) is 0 Å². The van der Waals surface area contributed by atoms with Gasteiger partial charge in [-0.05, 0) is 68.8 Å². The molecule has 0 radical (unpaired) electrons. The number of anilines is 4. The normalized spacial score (nSPS) is 14.1. The summed E-state index contributed by atoms with van der Waals surface area (Å²) in [6.07, 6.45) is 2.50. The van der Waals surface area contributed by atoms with Gasteiger partial charge in [-0.25, -0.2) is 9.78 Å². The number of rotatable bonds is 8. The fourth-order valence-corrected chi connectivity index (χ4v) is 4.13. The summed E-state index contributed by atoms with van der Waals surface area (Å²) in [7, 11) is 2.16. The second kappa shape index (κ2) is 10.5. The Bertz CT molecular complexity index is 1140. The molecule has 4 rings (SSSR count). The lowest BCUT2D eigenvalue weighted by Gasteiger charge is -2.34. The molecule has 1 aromatic heterocycles. The van der Waals surface area contributed by atoms with Crippen molar-refractivity contribution in [2.75, 3.05) is 55.3 Å². The standard InChI is InChI=1S/C26H32N6O2/c1-18-17-28-26(29-21-7-9-22(10-8-21)32-15-13-31(3)14-16-32)30-24(18)27-12-11-20-5-4-6-23(19(20)2)25(33)34/h4-10,17H,11-16H2,1-3H3,(H,33,34)(H2,27,28,29,30). The number of benzene rings is 2. The van der Waals surface area contributed by atoms with Gasteiger partial charge in [0.25, 0.3) is 0 Å². The highest BCUT2D eigenvalue weighted by Gasteiger charge is 2.14. The topological polar surface area (TPSA) is 93.6 Å². The van der Waals surface area contributed by atoms with Crippen LogP contribution in [0.15, 0.2) is 48.7 Å². The molecule has 0 unspecified atom stereocenters. The zero-order chi connectivity index (χ0) is 24.1. The van der Waals surface area contributed by atoms with Gasteiger partial charge in [-0.15, -0.1) is 0 Å². The molecule has 8 heteroatoms. The highest BCUT2D eigenvalue weighted by molar-refractivity contribution is 5.89. The molecule has 3 N–H and O–H groups in total. The zero-order valence-electron chi connectivity index (χ0n) is 20.0. The summed E-state index contributed by atoms with van der Waals surface area (Å²) >= 11 is 0. The number of aryl methyl sites for hydroxylation is 1. The Balaban J connectivity index is 1.37. The monoisotopic (exact) mass is 460 g/mol. The van der Waals surface area contributed by atoms with Crippen LogP contribution in [0.2, 0.25) is 0 Å². The fraction of sp³-hybridized carbons (Fsp3) is 0.346. The highest BCUT2D eigenvalue weighted by Crippen LogP contribution is 2.22. The van der Waals surface area contributed by atoms with Crippen LogP contribution in [-0.2, 0) is 6.42 Å². The molecule has 2 heterocycles. The van der Waals surface area contributed by atoms with E-state index in [1.807, 2.05) is 19.9 Å². The maximum Gasteiger partial charge on any atom is 0.335 e. The summed E-state index contributed by atoms with van der Waals surface area (Å²) < 4.78 is 0. The Labute approximate surface area is 200 Å². The van der Waals surface area contributed by atoms with Crippen molar-refractivity contribution < 1.29 is 9.90 Å². The first-order chi connectivity index (χ1) is 16.4. The van der Waals surface area contributed by atoms with Crippen LogP contribution in [0.1, 0.15) is 27.0 Å². The van der Waals surface area contributed by atoms with Crippen LogP contribution in [0.3, 0.4) is 0 Å². The number of hydrogen-bond acceptors (Lipinski definition) is 7. The van der Waals surface area contributed by atoms with Crippen molar-refractivity contribution in [3.05, 3.63) is 70.9 Å². The minimum absolute atomic E-state index is 0.348. The molecule has 1 fully saturated rings. The van der Waals surface area contributed by atoms with Crippen molar-refractivity contribution in [1.29, 1.82) is 0 Å². The number of likely N-dealkylation sites (N-methyl/N-ethyl adjacent to an activating group) is 1. The van der Waals surface area contributed by atoms with E-state index in [1.165, 1.54) is 5.69 Å². The van der Waals surface area contributed by atoms with Gasteiger partial charge >= 0.3 is 5.97 Å². The van der Waals surface area contributed by atoms with E-state index in [-0.39, 0.29) is 0 Å². The van der Waals surface area contributed by atoms with Crippen molar-refractivity contribution in [2.24, 2.45) is 0 Å². The number of aromatic carboxylic acids is 1. The Morgan fingerprint density at radius 1 is 1.06 bits per heavy atom. The molecule has 178 valence electrons. The number of nitrogens with zero attached hydrogens (tertiary/aromatic N) is 4. The van der Waals surface area contributed by atoms with Crippen LogP contribution >= 0.6 is 0 Å². The van der Waals surface area contributed by atoms with E-state index < -0.39 is 5.97 Å². The minimum atomic E-state index is -0.897. The summed E-state index contributed by atoms with van der Waals surface area (Å²) in [6, 6.07) is 13.8. The van der Waals surface area contributed by atoms with Crippen LogP contribution in [0.5, 0.6) is 0 Å². The van der Waals surface area contributed by atoms with Crippen molar-refractivity contribution in [3.8, 4) is 0 Å². The lowest BCUT2D eigenvalue weighted by Crippen LogP contribution is -2.44. The van der Waals surface area contributed by atoms with Gasteiger partial charge in [0.15, 0.2) is 0 Å². The summed E-state index contributed by atoms with van der Waals surface area (Å²) in [4.78, 5) is 25.2. The average molecular weight is 461 g/mol. The first kappa shape index (κ1) is 23.5. The maximum absolute atomic E-state index is 11.4. The smallest absolute Gasteiger partial charge is 0.335 e. The number of carbonyl (C=O) groups is 1. The molecule has 0 spiro atoms. The van der Waals surface area contributed by atoms with Crippen LogP contribution in [-0.4, -0.2) is 65.7 Å². The summed E-state index contributed by atoms with van der Waals surface area (Å²) in [5.74, 6) is 0.398. The summed E-state index contributed by atoms with van der Waals surface area (Å²) in [6.45, 7) is 8.70. The fourth-order valence-electron chi connectivity index (χ4n) is 4.13. The molecule has 1 aliphatic heterocycles. The zero-order valence-corrected chi connectivity index (χ0v) is 20.0.